The van der Waals surface area contributed by atoms with Crippen LogP contribution in [0.3, 0.4) is 0 Å². The molecule has 2 nitrogen and oxygen atoms in total. The number of halogens is 6. The van der Waals surface area contributed by atoms with E-state index < -0.39 is 29.5 Å². The highest BCUT2D eigenvalue weighted by atomic mass is 19.4. The fourth-order valence-corrected chi connectivity index (χ4v) is 1.93. The van der Waals surface area contributed by atoms with Crippen molar-refractivity contribution in [1.29, 1.82) is 0 Å². The fraction of sp³-hybridized carbons (Fsp3) is 0.538. The van der Waals surface area contributed by atoms with Crippen LogP contribution in [0.2, 0.25) is 0 Å². The number of benzene rings is 1. The molecule has 8 heteroatoms. The predicted molar refractivity (Wildman–Crippen MR) is 64.6 cm³/mol. The molecular formula is C13H13F6NO. The Morgan fingerprint density at radius 3 is 1.81 bits per heavy atom. The largest absolute Gasteiger partial charge is 0.416 e. The minimum absolute atomic E-state index is 0.0622. The number of hydrogen-bond donors (Lipinski definition) is 0. The summed E-state index contributed by atoms with van der Waals surface area (Å²) >= 11 is 0. The first-order chi connectivity index (χ1) is 9.57. The Hall–Kier alpha value is -1.60. The molecule has 0 aliphatic heterocycles. The van der Waals surface area contributed by atoms with Crippen molar-refractivity contribution in [3.63, 3.8) is 0 Å². The third-order valence-corrected chi connectivity index (χ3v) is 2.89. The first-order valence-corrected chi connectivity index (χ1v) is 6.18. The van der Waals surface area contributed by atoms with Crippen molar-refractivity contribution in [2.24, 2.45) is 5.18 Å². The number of nitroso groups, excluding NO2 is 1. The first kappa shape index (κ1) is 17.5. The minimum Gasteiger partial charge on any atom is -0.166 e. The second-order valence-corrected chi connectivity index (χ2v) is 4.67. The lowest BCUT2D eigenvalue weighted by Crippen LogP contribution is -2.14. The zero-order valence-electron chi connectivity index (χ0n) is 11.1. The van der Waals surface area contributed by atoms with Gasteiger partial charge in [-0.15, -0.1) is 0 Å². The Morgan fingerprint density at radius 1 is 1.00 bits per heavy atom. The zero-order chi connectivity index (χ0) is 16.3. The van der Waals surface area contributed by atoms with Crippen LogP contribution in [0, 0.1) is 4.91 Å². The van der Waals surface area contributed by atoms with Crippen molar-refractivity contribution < 1.29 is 26.3 Å². The van der Waals surface area contributed by atoms with E-state index >= 15 is 0 Å². The number of alkyl halides is 6. The molecule has 0 heterocycles. The molecule has 0 aliphatic carbocycles. The van der Waals surface area contributed by atoms with Gasteiger partial charge in [0.2, 0.25) is 0 Å². The van der Waals surface area contributed by atoms with Crippen molar-refractivity contribution in [2.75, 3.05) is 0 Å². The molecule has 1 aromatic rings. The molecule has 21 heavy (non-hydrogen) atoms. The molecule has 0 fully saturated rings. The van der Waals surface area contributed by atoms with Crippen molar-refractivity contribution in [1.82, 2.24) is 0 Å². The summed E-state index contributed by atoms with van der Waals surface area (Å²) in [5, 5.41) is 2.74. The number of hydrogen-bond acceptors (Lipinski definition) is 2. The highest BCUT2D eigenvalue weighted by Gasteiger charge is 2.37. The van der Waals surface area contributed by atoms with Gasteiger partial charge < -0.3 is 0 Å². The SMILES string of the molecule is CCC[C@@H](Cc1cc(C(F)(F)F)cc(C(F)(F)F)c1)N=O. The lowest BCUT2D eigenvalue weighted by molar-refractivity contribution is -0.143. The number of rotatable bonds is 5. The summed E-state index contributed by atoms with van der Waals surface area (Å²) in [4.78, 5) is 10.6. The summed E-state index contributed by atoms with van der Waals surface area (Å²) in [6.07, 6.45) is -9.15. The average molecular weight is 313 g/mol. The molecule has 1 rings (SSSR count). The molecule has 118 valence electrons. The summed E-state index contributed by atoms with van der Waals surface area (Å²) in [5.74, 6) is 0. The molecule has 0 saturated carbocycles. The van der Waals surface area contributed by atoms with Gasteiger partial charge in [-0.2, -0.15) is 31.2 Å². The Morgan fingerprint density at radius 2 is 1.48 bits per heavy atom. The number of nitrogens with zero attached hydrogens (tertiary/aromatic N) is 1. The van der Waals surface area contributed by atoms with Gasteiger partial charge in [0.1, 0.15) is 0 Å². The third-order valence-electron chi connectivity index (χ3n) is 2.89. The summed E-state index contributed by atoms with van der Waals surface area (Å²) in [7, 11) is 0. The molecule has 0 amide bonds. The van der Waals surface area contributed by atoms with E-state index in [4.69, 9.17) is 0 Å². The van der Waals surface area contributed by atoms with E-state index in [2.05, 4.69) is 5.18 Å². The Kier molecular flexibility index (Phi) is 5.36. The topological polar surface area (TPSA) is 29.4 Å². The minimum atomic E-state index is -4.88. The molecule has 1 aromatic carbocycles. The van der Waals surface area contributed by atoms with Crippen LogP contribution in [0.4, 0.5) is 26.3 Å². The van der Waals surface area contributed by atoms with Gasteiger partial charge in [-0.1, -0.05) is 18.5 Å². The average Bonchev–Trinajstić information content (AvgIpc) is 2.35. The molecule has 0 saturated heterocycles. The lowest BCUT2D eigenvalue weighted by Gasteiger charge is -2.15. The third kappa shape index (κ3) is 5.02. The van der Waals surface area contributed by atoms with E-state index in [1.807, 2.05) is 0 Å². The Labute approximate surface area is 117 Å². The summed E-state index contributed by atoms with van der Waals surface area (Å²) in [6, 6.07) is 0.485. The Bertz CT molecular complexity index is 462. The van der Waals surface area contributed by atoms with E-state index in [1.54, 1.807) is 6.92 Å². The predicted octanol–water partition coefficient (Wildman–Crippen LogP) is 5.20. The van der Waals surface area contributed by atoms with Gasteiger partial charge in [-0.25, -0.2) is 0 Å². The smallest absolute Gasteiger partial charge is 0.166 e. The van der Waals surface area contributed by atoms with Crippen LogP contribution in [0.1, 0.15) is 36.5 Å². The van der Waals surface area contributed by atoms with E-state index in [0.717, 1.165) is 0 Å². The molecule has 0 unspecified atom stereocenters. The molecule has 0 aromatic heterocycles. The van der Waals surface area contributed by atoms with Crippen LogP contribution in [0.15, 0.2) is 23.4 Å². The van der Waals surface area contributed by atoms with Gasteiger partial charge in [-0.05, 0) is 36.6 Å². The maximum atomic E-state index is 12.7. The van der Waals surface area contributed by atoms with Crippen LogP contribution >= 0.6 is 0 Å². The van der Waals surface area contributed by atoms with Crippen LogP contribution in [0.25, 0.3) is 0 Å². The zero-order valence-corrected chi connectivity index (χ0v) is 11.1. The van der Waals surface area contributed by atoms with Crippen molar-refractivity contribution in [3.8, 4) is 0 Å². The highest BCUT2D eigenvalue weighted by Crippen LogP contribution is 2.36. The van der Waals surface area contributed by atoms with Crippen molar-refractivity contribution in [3.05, 3.63) is 39.8 Å². The van der Waals surface area contributed by atoms with Gasteiger partial charge in [0.15, 0.2) is 0 Å². The lowest BCUT2D eigenvalue weighted by atomic mass is 9.98. The van der Waals surface area contributed by atoms with Crippen LogP contribution in [-0.2, 0) is 18.8 Å². The van der Waals surface area contributed by atoms with Gasteiger partial charge in [0.05, 0.1) is 17.2 Å². The quantitative estimate of drug-likeness (QED) is 0.542. The van der Waals surface area contributed by atoms with Crippen LogP contribution in [0.5, 0.6) is 0 Å². The van der Waals surface area contributed by atoms with Crippen LogP contribution < -0.4 is 0 Å². The van der Waals surface area contributed by atoms with Crippen molar-refractivity contribution in [2.45, 2.75) is 44.6 Å². The van der Waals surface area contributed by atoms with Gasteiger partial charge in [-0.3, -0.25) is 0 Å². The second-order valence-electron chi connectivity index (χ2n) is 4.67. The molecule has 0 N–H and O–H groups in total. The summed E-state index contributed by atoms with van der Waals surface area (Å²) in [6.45, 7) is 1.74. The maximum absolute atomic E-state index is 12.7. The molecule has 1 atom stereocenters. The molecule has 0 aliphatic rings. The summed E-state index contributed by atoms with van der Waals surface area (Å²) in [5.41, 5.74) is -2.96. The van der Waals surface area contributed by atoms with Gasteiger partial charge in [0.25, 0.3) is 0 Å². The van der Waals surface area contributed by atoms with Gasteiger partial charge in [0, 0.05) is 0 Å². The van der Waals surface area contributed by atoms with E-state index in [-0.39, 0.29) is 18.1 Å². The standard InChI is InChI=1S/C13H13F6NO/c1-2-3-11(20-21)6-8-4-9(12(14,15)16)7-10(5-8)13(17,18)19/h4-5,7,11H,2-3,6H2,1H3/t11-/m0/s1. The van der Waals surface area contributed by atoms with Crippen molar-refractivity contribution >= 4 is 0 Å². The van der Waals surface area contributed by atoms with E-state index in [9.17, 15) is 31.2 Å². The van der Waals surface area contributed by atoms with Crippen LogP contribution in [-0.4, -0.2) is 6.04 Å². The van der Waals surface area contributed by atoms with E-state index in [0.29, 0.717) is 25.0 Å². The van der Waals surface area contributed by atoms with Gasteiger partial charge >= 0.3 is 12.4 Å². The monoisotopic (exact) mass is 313 g/mol. The molecule has 0 spiro atoms. The fourth-order valence-electron chi connectivity index (χ4n) is 1.93. The van der Waals surface area contributed by atoms with E-state index in [1.165, 1.54) is 0 Å². The highest BCUT2D eigenvalue weighted by molar-refractivity contribution is 5.34. The summed E-state index contributed by atoms with van der Waals surface area (Å²) < 4.78 is 75.9. The Balaban J connectivity index is 3.22. The molecular weight excluding hydrogens is 300 g/mol. The first-order valence-electron chi connectivity index (χ1n) is 6.18. The molecule has 0 bridgehead atoms. The second kappa shape index (κ2) is 6.44. The maximum Gasteiger partial charge on any atom is 0.416 e. The molecule has 0 radical (unpaired) electrons. The normalized spacial score (nSPS) is 14.0.